The van der Waals surface area contributed by atoms with Gasteiger partial charge in [0.2, 0.25) is 0 Å². The number of rotatable bonds is 5. The lowest BCUT2D eigenvalue weighted by Gasteiger charge is -2.10. The van der Waals surface area contributed by atoms with Crippen molar-refractivity contribution in [2.75, 3.05) is 6.54 Å². The molecule has 1 saturated carbocycles. The molecule has 0 spiro atoms. The zero-order valence-electron chi connectivity index (χ0n) is 10.5. The van der Waals surface area contributed by atoms with Crippen LogP contribution in [0.5, 0.6) is 0 Å². The van der Waals surface area contributed by atoms with Gasteiger partial charge in [0.1, 0.15) is 0 Å². The summed E-state index contributed by atoms with van der Waals surface area (Å²) >= 11 is 0. The average molecular weight is 267 g/mol. The van der Waals surface area contributed by atoms with E-state index in [9.17, 15) is 9.59 Å². The largest absolute Gasteiger partial charge is 0.481 e. The van der Waals surface area contributed by atoms with Crippen LogP contribution in [0.15, 0.2) is 6.20 Å². The molecule has 0 saturated heterocycles. The third-order valence-corrected chi connectivity index (χ3v) is 3.25. The minimum absolute atomic E-state index is 0.103. The summed E-state index contributed by atoms with van der Waals surface area (Å²) in [5.74, 6) is -1.48. The second-order valence-corrected chi connectivity index (χ2v) is 4.67. The number of carbonyl (C=O) groups excluding carboxylic acids is 1. The zero-order chi connectivity index (χ0) is 13.8. The molecule has 2 atom stereocenters. The van der Waals surface area contributed by atoms with Gasteiger partial charge in [0.15, 0.2) is 5.69 Å². The number of nitrogens with one attached hydrogen (secondary N) is 1. The maximum Gasteiger partial charge on any atom is 0.306 e. The molecule has 104 valence electrons. The van der Waals surface area contributed by atoms with Crippen molar-refractivity contribution in [3.05, 3.63) is 11.9 Å². The number of nitrogens with zero attached hydrogens (tertiary/aromatic N) is 3. The van der Waals surface area contributed by atoms with Gasteiger partial charge in [0.05, 0.1) is 18.7 Å². The Bertz CT molecular complexity index is 473. The van der Waals surface area contributed by atoms with E-state index in [0.717, 1.165) is 0 Å². The van der Waals surface area contributed by atoms with Crippen LogP contribution >= 0.6 is 0 Å². The molecule has 2 rings (SSSR count). The Kier molecular flexibility index (Phi) is 4.10. The summed E-state index contributed by atoms with van der Waals surface area (Å²) in [5, 5.41) is 19.2. The number of carboxylic acids is 1. The van der Waals surface area contributed by atoms with Crippen molar-refractivity contribution in [2.45, 2.75) is 31.8 Å². The van der Waals surface area contributed by atoms with Gasteiger partial charge in [0.25, 0.3) is 5.91 Å². The van der Waals surface area contributed by atoms with E-state index in [2.05, 4.69) is 15.6 Å². The van der Waals surface area contributed by atoms with E-state index in [4.69, 9.17) is 10.8 Å². The Hall–Kier alpha value is -1.96. The highest BCUT2D eigenvalue weighted by molar-refractivity contribution is 5.92. The van der Waals surface area contributed by atoms with E-state index in [1.165, 1.54) is 10.9 Å². The third kappa shape index (κ3) is 3.28. The van der Waals surface area contributed by atoms with Crippen LogP contribution in [0.1, 0.15) is 29.8 Å². The predicted molar refractivity (Wildman–Crippen MR) is 65.3 cm³/mol. The SMILES string of the molecule is NCCn1cc(C(=O)NC2CCC(C(=O)O)C2)nn1. The first-order valence-electron chi connectivity index (χ1n) is 6.24. The van der Waals surface area contributed by atoms with E-state index in [0.29, 0.717) is 32.4 Å². The molecule has 4 N–H and O–H groups in total. The maximum absolute atomic E-state index is 11.9. The molecule has 1 heterocycles. The lowest BCUT2D eigenvalue weighted by atomic mass is 10.1. The fourth-order valence-corrected chi connectivity index (χ4v) is 2.24. The molecule has 0 aliphatic heterocycles. The fraction of sp³-hybridized carbons (Fsp3) is 0.636. The monoisotopic (exact) mass is 267 g/mol. The third-order valence-electron chi connectivity index (χ3n) is 3.25. The molecular weight excluding hydrogens is 250 g/mol. The van der Waals surface area contributed by atoms with E-state index >= 15 is 0 Å². The topological polar surface area (TPSA) is 123 Å². The second-order valence-electron chi connectivity index (χ2n) is 4.67. The van der Waals surface area contributed by atoms with Crippen LogP contribution in [-0.4, -0.2) is 44.6 Å². The van der Waals surface area contributed by atoms with Crippen LogP contribution in [-0.2, 0) is 11.3 Å². The molecule has 1 aromatic heterocycles. The fourth-order valence-electron chi connectivity index (χ4n) is 2.24. The second kappa shape index (κ2) is 5.79. The molecule has 0 radical (unpaired) electrons. The number of aliphatic carboxylic acids is 1. The van der Waals surface area contributed by atoms with Gasteiger partial charge >= 0.3 is 5.97 Å². The van der Waals surface area contributed by atoms with Crippen LogP contribution in [0.2, 0.25) is 0 Å². The minimum atomic E-state index is -0.800. The summed E-state index contributed by atoms with van der Waals surface area (Å²) in [5.41, 5.74) is 5.61. The Labute approximate surface area is 110 Å². The highest BCUT2D eigenvalue weighted by Gasteiger charge is 2.31. The standard InChI is InChI=1S/C11H17N5O3/c12-3-4-16-6-9(14-15-16)10(17)13-8-2-1-7(5-8)11(18)19/h6-8H,1-5,12H2,(H,13,17)(H,18,19). The van der Waals surface area contributed by atoms with Crippen LogP contribution in [0.3, 0.4) is 0 Å². The van der Waals surface area contributed by atoms with Gasteiger partial charge in [-0.15, -0.1) is 5.10 Å². The Morgan fingerprint density at radius 1 is 1.53 bits per heavy atom. The van der Waals surface area contributed by atoms with Crippen LogP contribution in [0.25, 0.3) is 0 Å². The number of hydrogen-bond acceptors (Lipinski definition) is 5. The molecule has 0 bridgehead atoms. The molecule has 1 aliphatic carbocycles. The molecule has 1 amide bonds. The van der Waals surface area contributed by atoms with E-state index < -0.39 is 5.97 Å². The molecule has 8 nitrogen and oxygen atoms in total. The lowest BCUT2D eigenvalue weighted by Crippen LogP contribution is -2.33. The van der Waals surface area contributed by atoms with E-state index in [-0.39, 0.29) is 23.6 Å². The number of nitrogens with two attached hydrogens (primary N) is 1. The zero-order valence-corrected chi connectivity index (χ0v) is 10.5. The van der Waals surface area contributed by atoms with Gasteiger partial charge in [-0.25, -0.2) is 0 Å². The predicted octanol–water partition coefficient (Wildman–Crippen LogP) is -0.780. The number of carboxylic acid groups (broad SMARTS) is 1. The average Bonchev–Trinajstić information content (AvgIpc) is 2.98. The quantitative estimate of drug-likeness (QED) is 0.643. The summed E-state index contributed by atoms with van der Waals surface area (Å²) in [6.45, 7) is 0.929. The van der Waals surface area contributed by atoms with Crippen LogP contribution < -0.4 is 11.1 Å². The molecule has 1 fully saturated rings. The van der Waals surface area contributed by atoms with Crippen molar-refractivity contribution in [2.24, 2.45) is 11.7 Å². The first kappa shape index (κ1) is 13.5. The summed E-state index contributed by atoms with van der Waals surface area (Å²) in [4.78, 5) is 22.7. The maximum atomic E-state index is 11.9. The number of hydrogen-bond donors (Lipinski definition) is 3. The number of aromatic nitrogens is 3. The molecule has 2 unspecified atom stereocenters. The molecule has 1 aromatic rings. The molecular formula is C11H17N5O3. The van der Waals surface area contributed by atoms with Crippen molar-refractivity contribution in [3.63, 3.8) is 0 Å². The minimum Gasteiger partial charge on any atom is -0.481 e. The molecule has 1 aliphatic rings. The van der Waals surface area contributed by atoms with E-state index in [1.807, 2.05) is 0 Å². The molecule has 19 heavy (non-hydrogen) atoms. The van der Waals surface area contributed by atoms with Gasteiger partial charge in [0, 0.05) is 12.6 Å². The van der Waals surface area contributed by atoms with Gasteiger partial charge < -0.3 is 16.2 Å². The normalized spacial score (nSPS) is 22.4. The van der Waals surface area contributed by atoms with Crippen molar-refractivity contribution >= 4 is 11.9 Å². The van der Waals surface area contributed by atoms with Crippen molar-refractivity contribution in [3.8, 4) is 0 Å². The van der Waals surface area contributed by atoms with Crippen molar-refractivity contribution in [1.82, 2.24) is 20.3 Å². The Balaban J connectivity index is 1.88. The lowest BCUT2D eigenvalue weighted by molar-refractivity contribution is -0.141. The van der Waals surface area contributed by atoms with E-state index in [1.54, 1.807) is 0 Å². The number of carbonyl (C=O) groups is 2. The Morgan fingerprint density at radius 3 is 2.95 bits per heavy atom. The van der Waals surface area contributed by atoms with Crippen LogP contribution in [0, 0.1) is 5.92 Å². The summed E-state index contributed by atoms with van der Waals surface area (Å²) in [7, 11) is 0. The van der Waals surface area contributed by atoms with Crippen molar-refractivity contribution < 1.29 is 14.7 Å². The van der Waals surface area contributed by atoms with Crippen molar-refractivity contribution in [1.29, 1.82) is 0 Å². The molecule has 8 heteroatoms. The summed E-state index contributed by atoms with van der Waals surface area (Å²) in [6, 6.07) is -0.103. The Morgan fingerprint density at radius 2 is 2.32 bits per heavy atom. The first-order chi connectivity index (χ1) is 9.10. The van der Waals surface area contributed by atoms with Gasteiger partial charge in [-0.1, -0.05) is 5.21 Å². The number of amides is 1. The smallest absolute Gasteiger partial charge is 0.306 e. The molecule has 0 aromatic carbocycles. The summed E-state index contributed by atoms with van der Waals surface area (Å²) < 4.78 is 1.50. The van der Waals surface area contributed by atoms with Gasteiger partial charge in [-0.2, -0.15) is 0 Å². The van der Waals surface area contributed by atoms with Gasteiger partial charge in [-0.05, 0) is 19.3 Å². The summed E-state index contributed by atoms with van der Waals surface area (Å²) in [6.07, 6.45) is 3.28. The first-order valence-corrected chi connectivity index (χ1v) is 6.24. The van der Waals surface area contributed by atoms with Crippen LogP contribution in [0.4, 0.5) is 0 Å². The highest BCUT2D eigenvalue weighted by atomic mass is 16.4. The van der Waals surface area contributed by atoms with Gasteiger partial charge in [-0.3, -0.25) is 14.3 Å². The highest BCUT2D eigenvalue weighted by Crippen LogP contribution is 2.25.